The highest BCUT2D eigenvalue weighted by Gasteiger charge is 2.63. The Morgan fingerprint density at radius 2 is 1.85 bits per heavy atom. The van der Waals surface area contributed by atoms with E-state index in [1.54, 1.807) is 12.5 Å². The Kier molecular flexibility index (Phi) is 5.07. The van der Waals surface area contributed by atoms with Gasteiger partial charge in [-0.1, -0.05) is 43.2 Å². The maximum Gasteiger partial charge on any atom is 0.302 e. The molecule has 0 bridgehead atoms. The van der Waals surface area contributed by atoms with Crippen molar-refractivity contribution in [1.82, 2.24) is 0 Å². The van der Waals surface area contributed by atoms with Crippen molar-refractivity contribution in [3.63, 3.8) is 0 Å². The number of hydrogen-bond donors (Lipinski definition) is 0. The van der Waals surface area contributed by atoms with Gasteiger partial charge in [0.05, 0.1) is 11.7 Å². The van der Waals surface area contributed by atoms with E-state index in [-0.39, 0.29) is 17.5 Å². The Labute approximate surface area is 204 Å². The number of carbonyl (C=O) groups is 1. The highest BCUT2D eigenvalue weighted by Crippen LogP contribution is 2.67. The van der Waals surface area contributed by atoms with Crippen molar-refractivity contribution in [3.05, 3.63) is 41.5 Å². The monoisotopic (exact) mass is 460 g/mol. The number of hydrogen-bond acceptors (Lipinski definition) is 4. The van der Waals surface area contributed by atoms with Gasteiger partial charge in [0.2, 0.25) is 0 Å². The van der Waals surface area contributed by atoms with Crippen LogP contribution in [0.2, 0.25) is 0 Å². The van der Waals surface area contributed by atoms with E-state index in [1.165, 1.54) is 42.6 Å². The number of fused-ring (bicyclic) bond motifs is 7. The number of allylic oxidation sites excluding steroid dienone is 1. The summed E-state index contributed by atoms with van der Waals surface area (Å²) in [5, 5.41) is 7.57. The average molecular weight is 461 g/mol. The van der Waals surface area contributed by atoms with Gasteiger partial charge in [-0.05, 0) is 93.1 Å². The second-order valence-corrected chi connectivity index (χ2v) is 12.5. The minimum atomic E-state index is -0.136. The summed E-state index contributed by atoms with van der Waals surface area (Å²) >= 11 is 0. The molecule has 6 rings (SSSR count). The second kappa shape index (κ2) is 7.70. The van der Waals surface area contributed by atoms with E-state index in [2.05, 4.69) is 63.0 Å². The number of benzene rings is 1. The zero-order valence-electron chi connectivity index (χ0n) is 21.5. The third-order valence-electron chi connectivity index (χ3n) is 10.7. The van der Waals surface area contributed by atoms with Crippen LogP contribution < -0.4 is 5.01 Å². The predicted molar refractivity (Wildman–Crippen MR) is 137 cm³/mol. The minimum Gasteiger partial charge on any atom is -0.462 e. The molecule has 1 aromatic rings. The topological polar surface area (TPSA) is 41.9 Å². The first kappa shape index (κ1) is 22.4. The third-order valence-corrected chi connectivity index (χ3v) is 10.7. The molecule has 3 saturated carbocycles. The standard InChI is InChI=1S/C30H40N2O2/c1-18-6-9-22(10-7-18)32-19(2)28-27(31-32)17-26-24-11-8-21-16-23(34-20(3)33)12-14-29(21,4)25(24)13-15-30(26,28)5/h6-10,19,23-26,28H,11-17H2,1-5H3/t19-,23-,24+,25-,26-,28-,29-,30-/m0/s1. The molecule has 0 saturated heterocycles. The van der Waals surface area contributed by atoms with E-state index in [1.807, 2.05) is 0 Å². The summed E-state index contributed by atoms with van der Waals surface area (Å²) in [5.74, 6) is 2.68. The van der Waals surface area contributed by atoms with Crippen LogP contribution in [0.25, 0.3) is 0 Å². The van der Waals surface area contributed by atoms with E-state index >= 15 is 0 Å². The van der Waals surface area contributed by atoms with Gasteiger partial charge in [0.1, 0.15) is 6.10 Å². The van der Waals surface area contributed by atoms with Crippen molar-refractivity contribution in [1.29, 1.82) is 0 Å². The van der Waals surface area contributed by atoms with Crippen LogP contribution in [-0.4, -0.2) is 23.8 Å². The SMILES string of the molecule is CC(=O)O[C@H]1CC[C@@]2(C)C(=CC[C@H]3[C@@H]4CC5=NN(c6ccc(C)cc6)[C@@H](C)[C@@H]5[C@@]4(C)CC[C@@H]32)C1. The normalized spacial score (nSPS) is 42.7. The van der Waals surface area contributed by atoms with Gasteiger partial charge in [-0.15, -0.1) is 0 Å². The van der Waals surface area contributed by atoms with Crippen LogP contribution in [0.15, 0.2) is 41.0 Å². The maximum absolute atomic E-state index is 11.5. The molecule has 0 unspecified atom stereocenters. The predicted octanol–water partition coefficient (Wildman–Crippen LogP) is 6.68. The van der Waals surface area contributed by atoms with Crippen molar-refractivity contribution in [3.8, 4) is 0 Å². The summed E-state index contributed by atoms with van der Waals surface area (Å²) in [5.41, 5.74) is 6.18. The van der Waals surface area contributed by atoms with Gasteiger partial charge in [0.25, 0.3) is 0 Å². The highest BCUT2D eigenvalue weighted by atomic mass is 16.5. The Hall–Kier alpha value is -2.10. The molecular weight excluding hydrogens is 420 g/mol. The third kappa shape index (κ3) is 3.16. The molecule has 0 amide bonds. The van der Waals surface area contributed by atoms with Gasteiger partial charge >= 0.3 is 5.97 Å². The first-order valence-corrected chi connectivity index (χ1v) is 13.5. The molecule has 0 radical (unpaired) electrons. The van der Waals surface area contributed by atoms with Crippen molar-refractivity contribution in [2.45, 2.75) is 91.7 Å². The molecule has 0 spiro atoms. The Bertz CT molecular complexity index is 1060. The molecule has 4 nitrogen and oxygen atoms in total. The van der Waals surface area contributed by atoms with Gasteiger partial charge in [-0.3, -0.25) is 9.80 Å². The Balaban J connectivity index is 1.27. The fraction of sp³-hybridized carbons (Fsp3) is 0.667. The molecule has 1 aromatic carbocycles. The summed E-state index contributed by atoms with van der Waals surface area (Å²) in [4.78, 5) is 11.5. The maximum atomic E-state index is 11.5. The molecule has 3 fully saturated rings. The summed E-state index contributed by atoms with van der Waals surface area (Å²) in [6, 6.07) is 9.29. The van der Waals surface area contributed by atoms with E-state index in [9.17, 15) is 4.79 Å². The van der Waals surface area contributed by atoms with Crippen LogP contribution in [0.4, 0.5) is 5.69 Å². The molecule has 1 aliphatic heterocycles. The molecule has 182 valence electrons. The first-order valence-electron chi connectivity index (χ1n) is 13.5. The molecule has 8 atom stereocenters. The number of esters is 1. The molecule has 0 N–H and O–H groups in total. The lowest BCUT2D eigenvalue weighted by Gasteiger charge is -2.58. The minimum absolute atomic E-state index is 0.0797. The summed E-state index contributed by atoms with van der Waals surface area (Å²) in [6.07, 6.45) is 10.7. The van der Waals surface area contributed by atoms with Crippen LogP contribution in [0.1, 0.15) is 78.2 Å². The number of carbonyl (C=O) groups excluding carboxylic acids is 1. The summed E-state index contributed by atoms with van der Waals surface area (Å²) in [6.45, 7) is 11.2. The van der Waals surface area contributed by atoms with Crippen molar-refractivity contribution < 1.29 is 9.53 Å². The van der Waals surface area contributed by atoms with Gasteiger partial charge in [0, 0.05) is 25.0 Å². The lowest BCUT2D eigenvalue weighted by molar-refractivity contribution is -0.148. The van der Waals surface area contributed by atoms with Gasteiger partial charge < -0.3 is 4.74 Å². The lowest BCUT2D eigenvalue weighted by atomic mass is 9.47. The number of rotatable bonds is 2. The van der Waals surface area contributed by atoms with Crippen molar-refractivity contribution >= 4 is 17.4 Å². The zero-order valence-corrected chi connectivity index (χ0v) is 21.5. The lowest BCUT2D eigenvalue weighted by Crippen LogP contribution is -2.52. The highest BCUT2D eigenvalue weighted by molar-refractivity contribution is 5.94. The van der Waals surface area contributed by atoms with Crippen LogP contribution >= 0.6 is 0 Å². The van der Waals surface area contributed by atoms with E-state index in [0.29, 0.717) is 17.4 Å². The summed E-state index contributed by atoms with van der Waals surface area (Å²) in [7, 11) is 0. The second-order valence-electron chi connectivity index (χ2n) is 12.5. The van der Waals surface area contributed by atoms with Gasteiger partial charge in [0.15, 0.2) is 0 Å². The molecule has 5 aliphatic rings. The molecule has 34 heavy (non-hydrogen) atoms. The van der Waals surface area contributed by atoms with E-state index < -0.39 is 0 Å². The molecular formula is C30H40N2O2. The van der Waals surface area contributed by atoms with Crippen LogP contribution in [0.5, 0.6) is 0 Å². The van der Waals surface area contributed by atoms with Crippen LogP contribution in [-0.2, 0) is 9.53 Å². The van der Waals surface area contributed by atoms with Gasteiger partial charge in [-0.25, -0.2) is 0 Å². The molecule has 4 heteroatoms. The zero-order chi connectivity index (χ0) is 23.8. The van der Waals surface area contributed by atoms with E-state index in [0.717, 1.165) is 37.0 Å². The fourth-order valence-corrected chi connectivity index (χ4v) is 9.11. The Morgan fingerprint density at radius 1 is 1.09 bits per heavy atom. The quantitative estimate of drug-likeness (QED) is 0.365. The van der Waals surface area contributed by atoms with Crippen LogP contribution in [0, 0.1) is 41.4 Å². The molecule has 1 heterocycles. The van der Waals surface area contributed by atoms with Crippen LogP contribution in [0.3, 0.4) is 0 Å². The largest absolute Gasteiger partial charge is 0.462 e. The summed E-state index contributed by atoms with van der Waals surface area (Å²) < 4.78 is 5.62. The first-order chi connectivity index (χ1) is 16.2. The average Bonchev–Trinajstić information content (AvgIpc) is 3.28. The number of ether oxygens (including phenoxy) is 1. The number of hydrazone groups is 1. The van der Waals surface area contributed by atoms with Crippen molar-refractivity contribution in [2.75, 3.05) is 5.01 Å². The molecule has 4 aliphatic carbocycles. The van der Waals surface area contributed by atoms with E-state index in [4.69, 9.17) is 9.84 Å². The number of anilines is 1. The van der Waals surface area contributed by atoms with Gasteiger partial charge in [-0.2, -0.15) is 5.10 Å². The molecule has 0 aromatic heterocycles. The van der Waals surface area contributed by atoms with Crippen molar-refractivity contribution in [2.24, 2.45) is 39.6 Å². The fourth-order valence-electron chi connectivity index (χ4n) is 9.11. The smallest absolute Gasteiger partial charge is 0.302 e. The number of nitrogens with zero attached hydrogens (tertiary/aromatic N) is 2. The Morgan fingerprint density at radius 3 is 2.59 bits per heavy atom. The number of aryl methyl sites for hydroxylation is 1.